The number of pyridine rings is 1. The van der Waals surface area contributed by atoms with Gasteiger partial charge in [0.15, 0.2) is 0 Å². The molecule has 1 aromatic carbocycles. The van der Waals surface area contributed by atoms with E-state index in [-0.39, 0.29) is 0 Å². The Morgan fingerprint density at radius 3 is 2.48 bits per heavy atom. The van der Waals surface area contributed by atoms with Crippen LogP contribution in [0.3, 0.4) is 0 Å². The summed E-state index contributed by atoms with van der Waals surface area (Å²) in [6, 6.07) is 7.53. The molecule has 0 saturated carbocycles. The summed E-state index contributed by atoms with van der Waals surface area (Å²) in [5, 5.41) is 4.04. The van der Waals surface area contributed by atoms with E-state index in [2.05, 4.69) is 31.1 Å². The third-order valence-electron chi connectivity index (χ3n) is 3.15. The summed E-state index contributed by atoms with van der Waals surface area (Å²) in [7, 11) is 0. The van der Waals surface area contributed by atoms with E-state index >= 15 is 0 Å². The van der Waals surface area contributed by atoms with Crippen LogP contribution >= 0.6 is 15.9 Å². The quantitative estimate of drug-likeness (QED) is 0.765. The van der Waals surface area contributed by atoms with Crippen LogP contribution in [0, 0.1) is 13.8 Å². The molecular weight excluding hydrogens is 332 g/mol. The molecule has 3 aromatic rings. The van der Waals surface area contributed by atoms with Gasteiger partial charge in [-0.1, -0.05) is 21.1 Å². The molecule has 106 valence electrons. The minimum absolute atomic E-state index is 0.419. The molecule has 2 aromatic heterocycles. The van der Waals surface area contributed by atoms with Crippen molar-refractivity contribution in [2.45, 2.75) is 13.8 Å². The zero-order chi connectivity index (χ0) is 15.0. The standard InChI is InChI=1S/C15H13BrN4O/c1-8-5-11(6-9(2)13(8)16)14-19-15(21-20-14)10-3-4-18-12(17)7-10/h3-7H,1-2H3,(H2,17,18). The molecule has 0 bridgehead atoms. The Hall–Kier alpha value is -2.21. The molecule has 0 radical (unpaired) electrons. The Balaban J connectivity index is 2.02. The third kappa shape index (κ3) is 2.67. The number of nitrogens with two attached hydrogens (primary N) is 1. The minimum Gasteiger partial charge on any atom is -0.384 e. The van der Waals surface area contributed by atoms with Crippen LogP contribution in [0.1, 0.15) is 11.1 Å². The summed E-state index contributed by atoms with van der Waals surface area (Å²) in [6.07, 6.45) is 1.61. The number of aryl methyl sites for hydroxylation is 2. The van der Waals surface area contributed by atoms with Crippen molar-refractivity contribution in [3.63, 3.8) is 0 Å². The fraction of sp³-hybridized carbons (Fsp3) is 0.133. The monoisotopic (exact) mass is 344 g/mol. The lowest BCUT2D eigenvalue weighted by Crippen LogP contribution is -1.90. The predicted molar refractivity (Wildman–Crippen MR) is 84.6 cm³/mol. The molecule has 3 rings (SSSR count). The normalized spacial score (nSPS) is 10.8. The van der Waals surface area contributed by atoms with Crippen LogP contribution in [-0.2, 0) is 0 Å². The fourth-order valence-electron chi connectivity index (χ4n) is 2.11. The second-order valence-electron chi connectivity index (χ2n) is 4.82. The van der Waals surface area contributed by atoms with Gasteiger partial charge in [0, 0.05) is 21.8 Å². The number of nitrogens with zero attached hydrogens (tertiary/aromatic N) is 3. The van der Waals surface area contributed by atoms with Crippen molar-refractivity contribution in [1.29, 1.82) is 0 Å². The van der Waals surface area contributed by atoms with Gasteiger partial charge >= 0.3 is 0 Å². The smallest absolute Gasteiger partial charge is 0.258 e. The number of hydrogen-bond acceptors (Lipinski definition) is 5. The highest BCUT2D eigenvalue weighted by Crippen LogP contribution is 2.28. The number of benzene rings is 1. The van der Waals surface area contributed by atoms with E-state index in [9.17, 15) is 0 Å². The molecule has 0 spiro atoms. The Labute approximate surface area is 130 Å². The molecular formula is C15H13BrN4O. The molecule has 0 aliphatic heterocycles. The van der Waals surface area contributed by atoms with Gasteiger partial charge in [0.1, 0.15) is 5.82 Å². The average Bonchev–Trinajstić information content (AvgIpc) is 2.94. The summed E-state index contributed by atoms with van der Waals surface area (Å²) < 4.78 is 6.41. The number of aromatic nitrogens is 3. The van der Waals surface area contributed by atoms with Crippen molar-refractivity contribution in [3.8, 4) is 22.8 Å². The topological polar surface area (TPSA) is 77.8 Å². The van der Waals surface area contributed by atoms with Gasteiger partial charge in [-0.05, 0) is 49.2 Å². The molecule has 0 aliphatic carbocycles. The van der Waals surface area contributed by atoms with Crippen molar-refractivity contribution in [2.24, 2.45) is 0 Å². The highest BCUT2D eigenvalue weighted by Gasteiger charge is 2.13. The lowest BCUT2D eigenvalue weighted by Gasteiger charge is -2.04. The first kappa shape index (κ1) is 13.8. The summed E-state index contributed by atoms with van der Waals surface area (Å²) in [4.78, 5) is 8.37. The van der Waals surface area contributed by atoms with Gasteiger partial charge in [0.05, 0.1) is 0 Å². The Kier molecular flexibility index (Phi) is 3.47. The van der Waals surface area contributed by atoms with E-state index in [0.29, 0.717) is 17.5 Å². The number of anilines is 1. The van der Waals surface area contributed by atoms with E-state index in [4.69, 9.17) is 10.3 Å². The van der Waals surface area contributed by atoms with Gasteiger partial charge in [-0.3, -0.25) is 0 Å². The summed E-state index contributed by atoms with van der Waals surface area (Å²) >= 11 is 3.55. The lowest BCUT2D eigenvalue weighted by atomic mass is 10.1. The van der Waals surface area contributed by atoms with Gasteiger partial charge < -0.3 is 10.3 Å². The Morgan fingerprint density at radius 2 is 1.81 bits per heavy atom. The molecule has 0 amide bonds. The summed E-state index contributed by atoms with van der Waals surface area (Å²) in [6.45, 7) is 4.07. The fourth-order valence-corrected chi connectivity index (χ4v) is 2.34. The molecule has 0 fully saturated rings. The molecule has 5 nitrogen and oxygen atoms in total. The van der Waals surface area contributed by atoms with Gasteiger partial charge in [0.2, 0.25) is 5.82 Å². The van der Waals surface area contributed by atoms with E-state index in [1.807, 2.05) is 26.0 Å². The van der Waals surface area contributed by atoms with Crippen LogP contribution in [0.5, 0.6) is 0 Å². The van der Waals surface area contributed by atoms with Crippen molar-refractivity contribution in [3.05, 3.63) is 46.1 Å². The Morgan fingerprint density at radius 1 is 1.10 bits per heavy atom. The molecule has 0 unspecified atom stereocenters. The Bertz CT molecular complexity index is 790. The maximum Gasteiger partial charge on any atom is 0.258 e. The number of halogens is 1. The number of nitrogen functional groups attached to an aromatic ring is 1. The van der Waals surface area contributed by atoms with Crippen LogP contribution in [0.4, 0.5) is 5.82 Å². The van der Waals surface area contributed by atoms with Crippen LogP contribution < -0.4 is 5.73 Å². The zero-order valence-corrected chi connectivity index (χ0v) is 13.2. The largest absolute Gasteiger partial charge is 0.384 e. The third-order valence-corrected chi connectivity index (χ3v) is 4.40. The summed E-state index contributed by atoms with van der Waals surface area (Å²) in [5.74, 6) is 1.40. The first-order valence-corrected chi connectivity index (χ1v) is 7.16. The zero-order valence-electron chi connectivity index (χ0n) is 11.6. The van der Waals surface area contributed by atoms with Crippen LogP contribution in [0.2, 0.25) is 0 Å². The second-order valence-corrected chi connectivity index (χ2v) is 5.61. The number of hydrogen-bond donors (Lipinski definition) is 1. The van der Waals surface area contributed by atoms with Crippen LogP contribution in [-0.4, -0.2) is 15.1 Å². The second kappa shape index (κ2) is 5.29. The molecule has 21 heavy (non-hydrogen) atoms. The van der Waals surface area contributed by atoms with Gasteiger partial charge in [-0.25, -0.2) is 4.98 Å². The molecule has 0 aliphatic rings. The van der Waals surface area contributed by atoms with E-state index in [0.717, 1.165) is 26.7 Å². The van der Waals surface area contributed by atoms with E-state index < -0.39 is 0 Å². The first-order valence-electron chi connectivity index (χ1n) is 6.37. The average molecular weight is 345 g/mol. The van der Waals surface area contributed by atoms with Crippen molar-refractivity contribution < 1.29 is 4.52 Å². The minimum atomic E-state index is 0.419. The van der Waals surface area contributed by atoms with E-state index in [1.54, 1.807) is 18.3 Å². The maximum atomic E-state index is 5.66. The molecule has 6 heteroatoms. The van der Waals surface area contributed by atoms with Crippen molar-refractivity contribution >= 4 is 21.7 Å². The van der Waals surface area contributed by atoms with Gasteiger partial charge in [0.25, 0.3) is 5.89 Å². The molecule has 2 N–H and O–H groups in total. The van der Waals surface area contributed by atoms with E-state index in [1.165, 1.54) is 0 Å². The van der Waals surface area contributed by atoms with Crippen molar-refractivity contribution in [2.75, 3.05) is 5.73 Å². The summed E-state index contributed by atoms with van der Waals surface area (Å²) in [5.41, 5.74) is 9.60. The molecule has 0 saturated heterocycles. The maximum absolute atomic E-state index is 5.66. The highest BCUT2D eigenvalue weighted by atomic mass is 79.9. The SMILES string of the molecule is Cc1cc(-c2noc(-c3ccnc(N)c3)n2)cc(C)c1Br. The van der Waals surface area contributed by atoms with Crippen LogP contribution in [0.15, 0.2) is 39.5 Å². The van der Waals surface area contributed by atoms with Gasteiger partial charge in [-0.2, -0.15) is 4.98 Å². The molecule has 2 heterocycles. The highest BCUT2D eigenvalue weighted by molar-refractivity contribution is 9.10. The lowest BCUT2D eigenvalue weighted by molar-refractivity contribution is 0.432. The predicted octanol–water partition coefficient (Wildman–Crippen LogP) is 3.76. The molecule has 0 atom stereocenters. The van der Waals surface area contributed by atoms with Gasteiger partial charge in [-0.15, -0.1) is 0 Å². The van der Waals surface area contributed by atoms with Crippen molar-refractivity contribution in [1.82, 2.24) is 15.1 Å². The number of rotatable bonds is 2. The van der Waals surface area contributed by atoms with Crippen LogP contribution in [0.25, 0.3) is 22.8 Å². The first-order chi connectivity index (χ1) is 10.0.